The van der Waals surface area contributed by atoms with Gasteiger partial charge >= 0.3 is 0 Å². The molecule has 0 aliphatic heterocycles. The van der Waals surface area contributed by atoms with Crippen LogP contribution in [0.25, 0.3) is 10.6 Å². The van der Waals surface area contributed by atoms with Gasteiger partial charge in [-0.2, -0.15) is 0 Å². The predicted molar refractivity (Wildman–Crippen MR) is 108 cm³/mol. The van der Waals surface area contributed by atoms with Crippen molar-refractivity contribution in [2.45, 2.75) is 12.5 Å². The second kappa shape index (κ2) is 8.94. The fraction of sp³-hybridized carbons (Fsp3) is 0.211. The van der Waals surface area contributed by atoms with Crippen LogP contribution in [-0.2, 0) is 6.42 Å². The summed E-state index contributed by atoms with van der Waals surface area (Å²) in [4.78, 5) is 22.2. The standard InChI is InChI=1S/C19H19ClN4O2S/c1-21-19-22-9-8-15(24-19)16-6-7-17(27-16)18(26)23-11-14(25)10-12-2-4-13(20)5-3-12/h2-9,14,25H,10-11H2,1H3,(H,23,26)(H,21,22,24). The number of halogens is 1. The lowest BCUT2D eigenvalue weighted by Gasteiger charge is -2.11. The minimum atomic E-state index is -0.672. The summed E-state index contributed by atoms with van der Waals surface area (Å²) in [6.45, 7) is 0.173. The molecule has 3 aromatic rings. The molecular formula is C19H19ClN4O2S. The molecule has 1 amide bonds. The molecule has 3 N–H and O–H groups in total. The summed E-state index contributed by atoms with van der Waals surface area (Å²) in [7, 11) is 1.75. The van der Waals surface area contributed by atoms with E-state index in [1.807, 2.05) is 18.2 Å². The number of aliphatic hydroxyl groups is 1. The Balaban J connectivity index is 1.56. The maximum atomic E-state index is 12.3. The lowest BCUT2D eigenvalue weighted by atomic mass is 10.1. The number of hydrogen-bond acceptors (Lipinski definition) is 6. The Morgan fingerprint density at radius 3 is 2.74 bits per heavy atom. The maximum absolute atomic E-state index is 12.3. The Morgan fingerprint density at radius 1 is 1.22 bits per heavy atom. The largest absolute Gasteiger partial charge is 0.391 e. The van der Waals surface area contributed by atoms with Crippen LogP contribution in [-0.4, -0.2) is 40.7 Å². The number of hydrogen-bond donors (Lipinski definition) is 3. The number of nitrogens with zero attached hydrogens (tertiary/aromatic N) is 2. The van der Waals surface area contributed by atoms with Gasteiger partial charge in [0.25, 0.3) is 5.91 Å². The van der Waals surface area contributed by atoms with Crippen molar-refractivity contribution in [3.05, 3.63) is 64.1 Å². The van der Waals surface area contributed by atoms with Crippen molar-refractivity contribution in [2.75, 3.05) is 18.9 Å². The van der Waals surface area contributed by atoms with Gasteiger partial charge in [-0.05, 0) is 35.9 Å². The molecule has 2 heterocycles. The average molecular weight is 403 g/mol. The summed E-state index contributed by atoms with van der Waals surface area (Å²) in [5.41, 5.74) is 1.71. The Labute approximate surface area is 166 Å². The van der Waals surface area contributed by atoms with E-state index in [0.29, 0.717) is 22.3 Å². The van der Waals surface area contributed by atoms with Crippen molar-refractivity contribution in [3.63, 3.8) is 0 Å². The zero-order valence-electron chi connectivity index (χ0n) is 14.6. The molecular weight excluding hydrogens is 384 g/mol. The van der Waals surface area contributed by atoms with E-state index in [2.05, 4.69) is 20.6 Å². The smallest absolute Gasteiger partial charge is 0.261 e. The van der Waals surface area contributed by atoms with E-state index in [-0.39, 0.29) is 12.5 Å². The van der Waals surface area contributed by atoms with Gasteiger partial charge in [-0.25, -0.2) is 9.97 Å². The summed E-state index contributed by atoms with van der Waals surface area (Å²) in [5, 5.41) is 16.5. The summed E-state index contributed by atoms with van der Waals surface area (Å²) in [6, 6.07) is 12.7. The van der Waals surface area contributed by atoms with Crippen LogP contribution < -0.4 is 10.6 Å². The number of carbonyl (C=O) groups is 1. The highest BCUT2D eigenvalue weighted by molar-refractivity contribution is 7.17. The molecule has 3 rings (SSSR count). The van der Waals surface area contributed by atoms with Gasteiger partial charge < -0.3 is 15.7 Å². The first-order valence-corrected chi connectivity index (χ1v) is 9.56. The van der Waals surface area contributed by atoms with Crippen molar-refractivity contribution in [1.82, 2.24) is 15.3 Å². The third kappa shape index (κ3) is 5.26. The molecule has 0 fully saturated rings. The van der Waals surface area contributed by atoms with Gasteiger partial charge in [-0.1, -0.05) is 23.7 Å². The third-order valence-electron chi connectivity index (χ3n) is 3.84. The van der Waals surface area contributed by atoms with E-state index in [9.17, 15) is 9.90 Å². The molecule has 1 unspecified atom stereocenters. The molecule has 6 nitrogen and oxygen atoms in total. The normalized spacial score (nSPS) is 11.8. The summed E-state index contributed by atoms with van der Waals surface area (Å²) < 4.78 is 0. The van der Waals surface area contributed by atoms with Crippen molar-refractivity contribution in [2.24, 2.45) is 0 Å². The predicted octanol–water partition coefficient (Wildman–Crippen LogP) is 3.23. The lowest BCUT2D eigenvalue weighted by Crippen LogP contribution is -2.32. The first-order valence-electron chi connectivity index (χ1n) is 8.37. The number of rotatable bonds is 7. The molecule has 140 valence electrons. The lowest BCUT2D eigenvalue weighted by molar-refractivity contribution is 0.0920. The molecule has 27 heavy (non-hydrogen) atoms. The highest BCUT2D eigenvalue weighted by Crippen LogP contribution is 2.27. The minimum absolute atomic E-state index is 0.173. The molecule has 0 radical (unpaired) electrons. The molecule has 0 saturated carbocycles. The van der Waals surface area contributed by atoms with E-state index < -0.39 is 6.10 Å². The topological polar surface area (TPSA) is 87.1 Å². The molecule has 0 spiro atoms. The van der Waals surface area contributed by atoms with Crippen molar-refractivity contribution >= 4 is 34.8 Å². The quantitative estimate of drug-likeness (QED) is 0.564. The van der Waals surface area contributed by atoms with E-state index >= 15 is 0 Å². The number of carbonyl (C=O) groups excluding carboxylic acids is 1. The van der Waals surface area contributed by atoms with Crippen LogP contribution in [0, 0.1) is 0 Å². The highest BCUT2D eigenvalue weighted by atomic mass is 35.5. The Hall–Kier alpha value is -2.48. The van der Waals surface area contributed by atoms with Gasteiger partial charge in [-0.3, -0.25) is 4.79 Å². The molecule has 1 aromatic carbocycles. The highest BCUT2D eigenvalue weighted by Gasteiger charge is 2.13. The fourth-order valence-corrected chi connectivity index (χ4v) is 3.49. The molecule has 0 bridgehead atoms. The van der Waals surface area contributed by atoms with E-state index in [1.54, 1.807) is 37.5 Å². The third-order valence-corrected chi connectivity index (χ3v) is 5.20. The zero-order valence-corrected chi connectivity index (χ0v) is 16.2. The van der Waals surface area contributed by atoms with Crippen LogP contribution in [0.15, 0.2) is 48.7 Å². The molecule has 0 aliphatic rings. The monoisotopic (exact) mass is 402 g/mol. The first kappa shape index (κ1) is 19.3. The van der Waals surface area contributed by atoms with E-state index in [1.165, 1.54) is 11.3 Å². The molecule has 0 aliphatic carbocycles. The Bertz CT molecular complexity index is 914. The number of amides is 1. The SMILES string of the molecule is CNc1nccc(-c2ccc(C(=O)NCC(O)Cc3ccc(Cl)cc3)s2)n1. The van der Waals surface area contributed by atoms with Crippen molar-refractivity contribution < 1.29 is 9.90 Å². The number of aliphatic hydroxyl groups excluding tert-OH is 1. The first-order chi connectivity index (χ1) is 13.0. The molecule has 8 heteroatoms. The molecule has 1 atom stereocenters. The average Bonchev–Trinajstić information content (AvgIpc) is 3.18. The number of anilines is 1. The number of nitrogens with one attached hydrogen (secondary N) is 2. The fourth-order valence-electron chi connectivity index (χ4n) is 2.48. The zero-order chi connectivity index (χ0) is 19.2. The van der Waals surface area contributed by atoms with Crippen LogP contribution in [0.5, 0.6) is 0 Å². The minimum Gasteiger partial charge on any atom is -0.391 e. The van der Waals surface area contributed by atoms with Gasteiger partial charge in [0.2, 0.25) is 5.95 Å². The Kier molecular flexibility index (Phi) is 6.39. The molecule has 2 aromatic heterocycles. The van der Waals surface area contributed by atoms with E-state index in [4.69, 9.17) is 11.6 Å². The van der Waals surface area contributed by atoms with Gasteiger partial charge in [0, 0.05) is 31.2 Å². The Morgan fingerprint density at radius 2 is 2.00 bits per heavy atom. The number of aromatic nitrogens is 2. The maximum Gasteiger partial charge on any atom is 0.261 e. The second-order valence-electron chi connectivity index (χ2n) is 5.87. The van der Waals surface area contributed by atoms with Crippen molar-refractivity contribution in [3.8, 4) is 10.6 Å². The van der Waals surface area contributed by atoms with Crippen LogP contribution in [0.4, 0.5) is 5.95 Å². The number of thiophene rings is 1. The van der Waals surface area contributed by atoms with Crippen LogP contribution in [0.1, 0.15) is 15.2 Å². The van der Waals surface area contributed by atoms with E-state index in [0.717, 1.165) is 16.1 Å². The summed E-state index contributed by atoms with van der Waals surface area (Å²) in [5.74, 6) is 0.307. The molecule has 0 saturated heterocycles. The summed E-state index contributed by atoms with van der Waals surface area (Å²) >= 11 is 7.20. The second-order valence-corrected chi connectivity index (χ2v) is 7.39. The van der Waals surface area contributed by atoms with Crippen LogP contribution in [0.2, 0.25) is 5.02 Å². The van der Waals surface area contributed by atoms with Gasteiger partial charge in [-0.15, -0.1) is 11.3 Å². The van der Waals surface area contributed by atoms with Gasteiger partial charge in [0.05, 0.1) is 21.6 Å². The van der Waals surface area contributed by atoms with Crippen LogP contribution in [0.3, 0.4) is 0 Å². The summed E-state index contributed by atoms with van der Waals surface area (Å²) in [6.07, 6.45) is 1.44. The van der Waals surface area contributed by atoms with Crippen LogP contribution >= 0.6 is 22.9 Å². The van der Waals surface area contributed by atoms with Gasteiger partial charge in [0.15, 0.2) is 0 Å². The number of benzene rings is 1. The van der Waals surface area contributed by atoms with Crippen molar-refractivity contribution in [1.29, 1.82) is 0 Å². The van der Waals surface area contributed by atoms with Gasteiger partial charge in [0.1, 0.15) is 0 Å².